The summed E-state index contributed by atoms with van der Waals surface area (Å²) in [5, 5.41) is 6.84. The summed E-state index contributed by atoms with van der Waals surface area (Å²) in [5.74, 6) is -0.616. The second-order valence-corrected chi connectivity index (χ2v) is 7.46. The van der Waals surface area contributed by atoms with Crippen molar-refractivity contribution < 1.29 is 14.0 Å². The van der Waals surface area contributed by atoms with Crippen molar-refractivity contribution in [2.75, 3.05) is 11.9 Å². The van der Waals surface area contributed by atoms with Crippen LogP contribution in [0.15, 0.2) is 23.0 Å². The first kappa shape index (κ1) is 18.8. The Kier molecular flexibility index (Phi) is 5.56. The Morgan fingerprint density at radius 2 is 2.19 bits per heavy atom. The van der Waals surface area contributed by atoms with Crippen LogP contribution >= 0.6 is 22.6 Å². The molecule has 0 radical (unpaired) electrons. The number of carbonyl (C=O) groups excluding carboxylic acids is 1. The van der Waals surface area contributed by atoms with Crippen LogP contribution in [0.3, 0.4) is 0 Å². The Hall–Kier alpha value is -2.01. The first-order chi connectivity index (χ1) is 12.4. The molecule has 1 aromatic heterocycles. The molecule has 2 aromatic rings. The molecule has 1 fully saturated rings. The zero-order valence-corrected chi connectivity index (χ0v) is 16.5. The maximum absolute atomic E-state index is 14.2. The molecule has 0 spiro atoms. The van der Waals surface area contributed by atoms with Gasteiger partial charge in [0.2, 0.25) is 0 Å². The number of aromatic nitrogens is 2. The van der Waals surface area contributed by atoms with Crippen LogP contribution in [0.5, 0.6) is 0 Å². The third-order valence-electron chi connectivity index (χ3n) is 4.06. The quantitative estimate of drug-likeness (QED) is 0.499. The summed E-state index contributed by atoms with van der Waals surface area (Å²) in [6.45, 7) is 1.99. The molecule has 0 unspecified atom stereocenters. The van der Waals surface area contributed by atoms with Gasteiger partial charge in [-0.15, -0.1) is 0 Å². The fourth-order valence-corrected chi connectivity index (χ4v) is 2.82. The molecular weight excluding hydrogens is 454 g/mol. The van der Waals surface area contributed by atoms with Gasteiger partial charge in [-0.05, 0) is 66.5 Å². The fraction of sp³-hybridized carbons (Fsp3) is 0.353. The second-order valence-electron chi connectivity index (χ2n) is 6.21. The van der Waals surface area contributed by atoms with E-state index in [4.69, 9.17) is 4.84 Å². The number of benzene rings is 1. The van der Waals surface area contributed by atoms with E-state index in [2.05, 4.69) is 15.9 Å². The zero-order chi connectivity index (χ0) is 18.8. The maximum atomic E-state index is 14.2. The van der Waals surface area contributed by atoms with Crippen LogP contribution in [-0.2, 0) is 11.9 Å². The number of hydrogen-bond acceptors (Lipinski definition) is 5. The Labute approximate surface area is 163 Å². The lowest BCUT2D eigenvalue weighted by molar-refractivity contribution is 0.0265. The number of nitrogens with one attached hydrogen (secondary N) is 2. The summed E-state index contributed by atoms with van der Waals surface area (Å²) < 4.78 is 16.0. The lowest BCUT2D eigenvalue weighted by Crippen LogP contribution is -2.32. The van der Waals surface area contributed by atoms with E-state index in [1.807, 2.05) is 22.6 Å². The van der Waals surface area contributed by atoms with Gasteiger partial charge < -0.3 is 5.32 Å². The Bertz CT molecular complexity index is 912. The number of hydroxylamine groups is 1. The predicted octanol–water partition coefficient (Wildman–Crippen LogP) is 2.65. The number of anilines is 2. The van der Waals surface area contributed by atoms with E-state index in [1.54, 1.807) is 19.1 Å². The highest BCUT2D eigenvalue weighted by atomic mass is 127. The van der Waals surface area contributed by atoms with Gasteiger partial charge in [0.25, 0.3) is 11.5 Å². The average molecular weight is 472 g/mol. The van der Waals surface area contributed by atoms with E-state index >= 15 is 0 Å². The lowest BCUT2D eigenvalue weighted by atomic mass is 10.2. The number of rotatable bonds is 6. The molecule has 7 nitrogen and oxygen atoms in total. The number of carbonyl (C=O) groups is 1. The molecular formula is C17H18FIN4O3. The predicted molar refractivity (Wildman–Crippen MR) is 103 cm³/mol. The van der Waals surface area contributed by atoms with Crippen molar-refractivity contribution in [2.45, 2.75) is 19.8 Å². The number of aryl methyl sites for hydroxylation is 1. The molecule has 3 rings (SSSR count). The zero-order valence-electron chi connectivity index (χ0n) is 14.3. The maximum Gasteiger partial charge on any atom is 0.297 e. The monoisotopic (exact) mass is 472 g/mol. The van der Waals surface area contributed by atoms with Crippen LogP contribution < -0.4 is 16.4 Å². The van der Waals surface area contributed by atoms with Crippen LogP contribution in [0.1, 0.15) is 28.9 Å². The van der Waals surface area contributed by atoms with Crippen LogP contribution in [0, 0.1) is 22.2 Å². The van der Waals surface area contributed by atoms with E-state index in [0.717, 1.165) is 21.1 Å². The Balaban J connectivity index is 1.92. The number of amides is 1. The van der Waals surface area contributed by atoms with Crippen LogP contribution in [-0.4, -0.2) is 22.3 Å². The number of halogens is 2. The third kappa shape index (κ3) is 4.21. The fourth-order valence-electron chi connectivity index (χ4n) is 2.37. The van der Waals surface area contributed by atoms with E-state index in [9.17, 15) is 14.0 Å². The molecule has 1 aliphatic carbocycles. The third-order valence-corrected chi connectivity index (χ3v) is 4.73. The van der Waals surface area contributed by atoms with Gasteiger partial charge in [0.1, 0.15) is 5.82 Å². The smallest absolute Gasteiger partial charge is 0.297 e. The van der Waals surface area contributed by atoms with Crippen molar-refractivity contribution in [1.82, 2.24) is 15.3 Å². The normalized spacial score (nSPS) is 13.5. The van der Waals surface area contributed by atoms with Crippen molar-refractivity contribution in [3.63, 3.8) is 0 Å². The van der Waals surface area contributed by atoms with Gasteiger partial charge in [0, 0.05) is 16.2 Å². The van der Waals surface area contributed by atoms with Gasteiger partial charge in [-0.3, -0.25) is 14.4 Å². The van der Waals surface area contributed by atoms with Gasteiger partial charge in [-0.25, -0.2) is 14.6 Å². The standard InChI is InChI=1S/C17H18FIN4O3/c1-9-14(20-13-6-5-11(19)7-12(13)18)15(21-23(2)17(9)25)16(24)22-26-8-10-3-4-10/h5-7,10,20H,3-4,8H2,1-2H3,(H,22,24). The summed E-state index contributed by atoms with van der Waals surface area (Å²) in [6.07, 6.45) is 2.18. The molecule has 0 atom stereocenters. The minimum atomic E-state index is -0.599. The van der Waals surface area contributed by atoms with E-state index in [0.29, 0.717) is 12.5 Å². The SMILES string of the molecule is Cc1c(Nc2ccc(I)cc2F)c(C(=O)NOCC2CC2)nn(C)c1=O. The van der Waals surface area contributed by atoms with Gasteiger partial charge >= 0.3 is 0 Å². The minimum Gasteiger partial charge on any atom is -0.351 e. The highest BCUT2D eigenvalue weighted by Crippen LogP contribution is 2.28. The molecule has 1 amide bonds. The number of hydrogen-bond donors (Lipinski definition) is 2. The first-order valence-electron chi connectivity index (χ1n) is 8.09. The first-order valence-corrected chi connectivity index (χ1v) is 9.16. The molecule has 0 bridgehead atoms. The van der Waals surface area contributed by atoms with Gasteiger partial charge in [-0.1, -0.05) is 0 Å². The molecule has 1 saturated carbocycles. The highest BCUT2D eigenvalue weighted by Gasteiger charge is 2.24. The summed E-state index contributed by atoms with van der Waals surface area (Å²) in [7, 11) is 1.45. The molecule has 1 aliphatic rings. The molecule has 9 heteroatoms. The summed E-state index contributed by atoms with van der Waals surface area (Å²) in [6, 6.07) is 4.61. The summed E-state index contributed by atoms with van der Waals surface area (Å²) in [5.41, 5.74) is 2.48. The Morgan fingerprint density at radius 3 is 2.85 bits per heavy atom. The molecule has 1 aromatic carbocycles. The van der Waals surface area contributed by atoms with E-state index in [-0.39, 0.29) is 28.2 Å². The van der Waals surface area contributed by atoms with E-state index < -0.39 is 11.7 Å². The van der Waals surface area contributed by atoms with Crippen molar-refractivity contribution >= 4 is 39.9 Å². The largest absolute Gasteiger partial charge is 0.351 e. The van der Waals surface area contributed by atoms with Crippen molar-refractivity contribution in [2.24, 2.45) is 13.0 Å². The highest BCUT2D eigenvalue weighted by molar-refractivity contribution is 14.1. The summed E-state index contributed by atoms with van der Waals surface area (Å²) in [4.78, 5) is 29.9. The van der Waals surface area contributed by atoms with Crippen molar-refractivity contribution in [1.29, 1.82) is 0 Å². The molecule has 26 heavy (non-hydrogen) atoms. The Morgan fingerprint density at radius 1 is 1.46 bits per heavy atom. The number of nitrogens with zero attached hydrogens (tertiary/aromatic N) is 2. The van der Waals surface area contributed by atoms with Crippen LogP contribution in [0.4, 0.5) is 15.8 Å². The van der Waals surface area contributed by atoms with E-state index in [1.165, 1.54) is 13.1 Å². The minimum absolute atomic E-state index is 0.0432. The van der Waals surface area contributed by atoms with Gasteiger partial charge in [-0.2, -0.15) is 5.10 Å². The molecule has 0 saturated heterocycles. The molecule has 138 valence electrons. The van der Waals surface area contributed by atoms with Crippen LogP contribution in [0.25, 0.3) is 0 Å². The van der Waals surface area contributed by atoms with Crippen molar-refractivity contribution in [3.8, 4) is 0 Å². The van der Waals surface area contributed by atoms with Crippen LogP contribution in [0.2, 0.25) is 0 Å². The summed E-state index contributed by atoms with van der Waals surface area (Å²) >= 11 is 2.00. The van der Waals surface area contributed by atoms with Gasteiger partial charge in [0.05, 0.1) is 18.0 Å². The van der Waals surface area contributed by atoms with Crippen molar-refractivity contribution in [3.05, 3.63) is 49.2 Å². The molecule has 0 aliphatic heterocycles. The molecule has 2 N–H and O–H groups in total. The average Bonchev–Trinajstić information content (AvgIpc) is 3.41. The lowest BCUT2D eigenvalue weighted by Gasteiger charge is -2.15. The second kappa shape index (κ2) is 7.70. The molecule has 1 heterocycles. The topological polar surface area (TPSA) is 85.2 Å². The van der Waals surface area contributed by atoms with Gasteiger partial charge in [0.15, 0.2) is 5.69 Å².